The van der Waals surface area contributed by atoms with Crippen LogP contribution in [0.25, 0.3) is 0 Å². The third kappa shape index (κ3) is 5.82. The number of amides is 3. The first-order valence-corrected chi connectivity index (χ1v) is 10.0. The summed E-state index contributed by atoms with van der Waals surface area (Å²) in [4.78, 5) is 38.6. The van der Waals surface area contributed by atoms with Gasteiger partial charge in [-0.05, 0) is 36.1 Å². The van der Waals surface area contributed by atoms with Crippen molar-refractivity contribution in [3.8, 4) is 6.07 Å². The second-order valence-corrected chi connectivity index (χ2v) is 7.37. The highest BCUT2D eigenvalue weighted by atomic mass is 16.6. The Bertz CT molecular complexity index is 969. The number of nitrogens with zero attached hydrogens (tertiary/aromatic N) is 2. The van der Waals surface area contributed by atoms with Crippen LogP contribution in [0.1, 0.15) is 29.5 Å². The second-order valence-electron chi connectivity index (χ2n) is 7.37. The van der Waals surface area contributed by atoms with Gasteiger partial charge in [0.05, 0.1) is 11.6 Å². The van der Waals surface area contributed by atoms with Crippen LogP contribution in [-0.2, 0) is 27.4 Å². The molecule has 1 saturated heterocycles. The van der Waals surface area contributed by atoms with E-state index in [0.717, 1.165) is 11.1 Å². The fourth-order valence-corrected chi connectivity index (χ4v) is 3.50. The van der Waals surface area contributed by atoms with E-state index < -0.39 is 30.0 Å². The van der Waals surface area contributed by atoms with Crippen LogP contribution in [-0.4, -0.2) is 41.4 Å². The maximum atomic E-state index is 12.8. The van der Waals surface area contributed by atoms with Gasteiger partial charge in [0, 0.05) is 13.0 Å². The number of primary amides is 1. The van der Waals surface area contributed by atoms with Crippen LogP contribution in [0.3, 0.4) is 0 Å². The molecular weight excluding hydrogens is 396 g/mol. The van der Waals surface area contributed by atoms with Gasteiger partial charge < -0.3 is 15.8 Å². The number of rotatable bonds is 7. The van der Waals surface area contributed by atoms with Gasteiger partial charge in [0.1, 0.15) is 18.7 Å². The van der Waals surface area contributed by atoms with Gasteiger partial charge in [0.25, 0.3) is 0 Å². The minimum atomic E-state index is -0.928. The van der Waals surface area contributed by atoms with Crippen molar-refractivity contribution in [2.24, 2.45) is 5.73 Å². The first-order valence-electron chi connectivity index (χ1n) is 10.0. The Balaban J connectivity index is 1.60. The largest absolute Gasteiger partial charge is 0.445 e. The van der Waals surface area contributed by atoms with Gasteiger partial charge in [0.2, 0.25) is 11.8 Å². The second kappa shape index (κ2) is 10.3. The van der Waals surface area contributed by atoms with Crippen LogP contribution in [0.4, 0.5) is 4.79 Å². The number of nitrogens with two attached hydrogens (primary N) is 1. The number of carbonyl (C=O) groups excluding carboxylic acids is 3. The number of hydrogen-bond acceptors (Lipinski definition) is 5. The molecule has 2 atom stereocenters. The molecule has 2 aromatic carbocycles. The third-order valence-electron chi connectivity index (χ3n) is 5.18. The number of likely N-dealkylation sites (tertiary alicyclic amines) is 1. The van der Waals surface area contributed by atoms with Crippen molar-refractivity contribution in [3.05, 3.63) is 71.3 Å². The van der Waals surface area contributed by atoms with E-state index in [4.69, 9.17) is 15.7 Å². The smallest absolute Gasteiger partial charge is 0.410 e. The summed E-state index contributed by atoms with van der Waals surface area (Å²) in [5, 5.41) is 11.6. The van der Waals surface area contributed by atoms with Gasteiger partial charge in [-0.1, -0.05) is 42.5 Å². The number of nitrogens with one attached hydrogen (secondary N) is 1. The standard InChI is InChI=1S/C23H24N4O4/c24-14-17-10-8-16(9-11-17)13-19(21(25)28)26-22(29)20-7-4-12-27(20)23(30)31-15-18-5-2-1-3-6-18/h1-3,5-6,8-11,19-20H,4,7,12-13,15H2,(H2,25,28)(H,26,29)/t19-,20-/m1/s1. The Morgan fingerprint density at radius 2 is 1.84 bits per heavy atom. The zero-order valence-corrected chi connectivity index (χ0v) is 17.0. The van der Waals surface area contributed by atoms with Gasteiger partial charge in [-0.3, -0.25) is 14.5 Å². The summed E-state index contributed by atoms with van der Waals surface area (Å²) in [6, 6.07) is 16.4. The summed E-state index contributed by atoms with van der Waals surface area (Å²) in [5.41, 5.74) is 7.59. The van der Waals surface area contributed by atoms with Crippen LogP contribution < -0.4 is 11.1 Å². The van der Waals surface area contributed by atoms with Gasteiger partial charge in [0.15, 0.2) is 0 Å². The van der Waals surface area contributed by atoms with Crippen LogP contribution >= 0.6 is 0 Å². The molecule has 3 N–H and O–H groups in total. The minimum Gasteiger partial charge on any atom is -0.445 e. The van der Waals surface area contributed by atoms with Crippen molar-refractivity contribution in [2.75, 3.05) is 6.54 Å². The predicted octanol–water partition coefficient (Wildman–Crippen LogP) is 1.87. The summed E-state index contributed by atoms with van der Waals surface area (Å²) in [6.45, 7) is 0.523. The fourth-order valence-electron chi connectivity index (χ4n) is 3.50. The van der Waals surface area contributed by atoms with E-state index in [1.54, 1.807) is 24.3 Å². The van der Waals surface area contributed by atoms with E-state index in [-0.39, 0.29) is 13.0 Å². The zero-order chi connectivity index (χ0) is 22.2. The van der Waals surface area contributed by atoms with Gasteiger partial charge in [-0.15, -0.1) is 0 Å². The summed E-state index contributed by atoms with van der Waals surface area (Å²) < 4.78 is 5.35. The molecule has 31 heavy (non-hydrogen) atoms. The molecule has 0 unspecified atom stereocenters. The van der Waals surface area contributed by atoms with Gasteiger partial charge in [-0.25, -0.2) is 4.79 Å². The van der Waals surface area contributed by atoms with Crippen LogP contribution in [0.5, 0.6) is 0 Å². The number of hydrogen-bond donors (Lipinski definition) is 2. The Labute approximate surface area is 180 Å². The molecule has 0 spiro atoms. The summed E-state index contributed by atoms with van der Waals surface area (Å²) in [6.07, 6.45) is 0.770. The molecule has 8 nitrogen and oxygen atoms in total. The van der Waals surface area contributed by atoms with Crippen molar-refractivity contribution >= 4 is 17.9 Å². The minimum absolute atomic E-state index is 0.118. The Morgan fingerprint density at radius 1 is 1.13 bits per heavy atom. The number of carbonyl (C=O) groups is 3. The molecule has 0 saturated carbocycles. The van der Waals surface area contributed by atoms with Crippen molar-refractivity contribution in [2.45, 2.75) is 38.0 Å². The molecule has 0 bridgehead atoms. The van der Waals surface area contributed by atoms with Crippen molar-refractivity contribution < 1.29 is 19.1 Å². The molecule has 160 valence electrons. The van der Waals surface area contributed by atoms with Crippen molar-refractivity contribution in [3.63, 3.8) is 0 Å². The van der Waals surface area contributed by atoms with E-state index in [9.17, 15) is 14.4 Å². The average Bonchev–Trinajstić information content (AvgIpc) is 3.28. The third-order valence-corrected chi connectivity index (χ3v) is 5.18. The normalized spacial score (nSPS) is 16.2. The number of ether oxygens (including phenoxy) is 1. The lowest BCUT2D eigenvalue weighted by atomic mass is 10.0. The molecule has 1 aliphatic heterocycles. The molecule has 8 heteroatoms. The number of nitriles is 1. The molecule has 2 aromatic rings. The van der Waals surface area contributed by atoms with Crippen LogP contribution in [0.15, 0.2) is 54.6 Å². The highest BCUT2D eigenvalue weighted by Gasteiger charge is 2.36. The molecule has 1 aliphatic rings. The quantitative estimate of drug-likeness (QED) is 0.707. The predicted molar refractivity (Wildman–Crippen MR) is 112 cm³/mol. The molecule has 3 amide bonds. The van der Waals surface area contributed by atoms with E-state index in [0.29, 0.717) is 24.9 Å². The Hall–Kier alpha value is -3.86. The first kappa shape index (κ1) is 21.8. The molecule has 0 aromatic heterocycles. The van der Waals surface area contributed by atoms with Gasteiger partial charge in [-0.2, -0.15) is 5.26 Å². The average molecular weight is 420 g/mol. The van der Waals surface area contributed by atoms with Crippen LogP contribution in [0, 0.1) is 11.3 Å². The highest BCUT2D eigenvalue weighted by molar-refractivity contribution is 5.91. The lowest BCUT2D eigenvalue weighted by Crippen LogP contribution is -2.53. The highest BCUT2D eigenvalue weighted by Crippen LogP contribution is 2.19. The molecule has 1 fully saturated rings. The summed E-state index contributed by atoms with van der Waals surface area (Å²) >= 11 is 0. The monoisotopic (exact) mass is 420 g/mol. The zero-order valence-electron chi connectivity index (χ0n) is 17.0. The summed E-state index contributed by atoms with van der Waals surface area (Å²) in [5.74, 6) is -1.11. The molecule has 0 radical (unpaired) electrons. The van der Waals surface area contributed by atoms with Crippen molar-refractivity contribution in [1.82, 2.24) is 10.2 Å². The number of benzene rings is 2. The molecule has 3 rings (SSSR count). The van der Waals surface area contributed by atoms with Gasteiger partial charge >= 0.3 is 6.09 Å². The maximum absolute atomic E-state index is 12.8. The van der Waals surface area contributed by atoms with Crippen LogP contribution in [0.2, 0.25) is 0 Å². The topological polar surface area (TPSA) is 126 Å². The molecular formula is C23H24N4O4. The molecule has 0 aliphatic carbocycles. The maximum Gasteiger partial charge on any atom is 0.410 e. The summed E-state index contributed by atoms with van der Waals surface area (Å²) in [7, 11) is 0. The lowest BCUT2D eigenvalue weighted by Gasteiger charge is -2.25. The van der Waals surface area contributed by atoms with E-state index in [2.05, 4.69) is 5.32 Å². The first-order chi connectivity index (χ1) is 15.0. The SMILES string of the molecule is N#Cc1ccc(C[C@@H](NC(=O)[C@H]2CCCN2C(=O)OCc2ccccc2)C(N)=O)cc1. The Kier molecular flexibility index (Phi) is 7.22. The van der Waals surface area contributed by atoms with Crippen molar-refractivity contribution in [1.29, 1.82) is 5.26 Å². The Morgan fingerprint density at radius 3 is 2.48 bits per heavy atom. The fraction of sp³-hybridized carbons (Fsp3) is 0.304. The molecule has 1 heterocycles. The van der Waals surface area contributed by atoms with E-state index in [1.165, 1.54) is 4.90 Å². The lowest BCUT2D eigenvalue weighted by molar-refractivity contribution is -0.130. The van der Waals surface area contributed by atoms with E-state index >= 15 is 0 Å². The van der Waals surface area contributed by atoms with E-state index in [1.807, 2.05) is 36.4 Å².